The van der Waals surface area contributed by atoms with Crippen LogP contribution in [0.1, 0.15) is 16.7 Å². The molecule has 3 rings (SSSR count). The topological polar surface area (TPSA) is 37.4 Å². The molecule has 1 N–H and O–H groups in total. The van der Waals surface area contributed by atoms with Crippen molar-refractivity contribution in [3.63, 3.8) is 0 Å². The van der Waals surface area contributed by atoms with Crippen molar-refractivity contribution in [1.82, 2.24) is 4.40 Å². The SMILES string of the molecule is Cc1cc(C)c(Nc2cc(=O)n3ccccc3[n+]2C)c(C)c1. The van der Waals surface area contributed by atoms with Gasteiger partial charge >= 0.3 is 5.56 Å². The van der Waals surface area contributed by atoms with Crippen LogP contribution in [0.5, 0.6) is 0 Å². The van der Waals surface area contributed by atoms with Crippen LogP contribution >= 0.6 is 0 Å². The molecule has 0 atom stereocenters. The second-order valence-corrected chi connectivity index (χ2v) is 5.75. The number of benzene rings is 1. The van der Waals surface area contributed by atoms with Crippen molar-refractivity contribution in [2.45, 2.75) is 20.8 Å². The molecular formula is C18H20N3O+. The zero-order valence-corrected chi connectivity index (χ0v) is 13.3. The van der Waals surface area contributed by atoms with Gasteiger partial charge in [0.05, 0.1) is 19.3 Å². The number of hydrogen-bond acceptors (Lipinski definition) is 2. The fourth-order valence-corrected chi connectivity index (χ4v) is 2.93. The second-order valence-electron chi connectivity index (χ2n) is 5.75. The minimum absolute atomic E-state index is 0.0429. The van der Waals surface area contributed by atoms with E-state index in [0.29, 0.717) is 0 Å². The van der Waals surface area contributed by atoms with Crippen LogP contribution in [0.25, 0.3) is 5.65 Å². The number of nitrogens with zero attached hydrogens (tertiary/aromatic N) is 2. The highest BCUT2D eigenvalue weighted by atomic mass is 16.1. The summed E-state index contributed by atoms with van der Waals surface area (Å²) in [7, 11) is 1.95. The summed E-state index contributed by atoms with van der Waals surface area (Å²) in [4.78, 5) is 12.3. The summed E-state index contributed by atoms with van der Waals surface area (Å²) in [5.74, 6) is 0.784. The van der Waals surface area contributed by atoms with Gasteiger partial charge in [-0.1, -0.05) is 23.8 Å². The molecule has 0 aliphatic carbocycles. The largest absolute Gasteiger partial charge is 0.317 e. The molecule has 2 aromatic heterocycles. The van der Waals surface area contributed by atoms with Gasteiger partial charge in [-0.25, -0.2) is 4.57 Å². The Hall–Kier alpha value is -2.62. The molecule has 1 aromatic carbocycles. The van der Waals surface area contributed by atoms with Gasteiger partial charge in [0.15, 0.2) is 0 Å². The van der Waals surface area contributed by atoms with Crippen LogP contribution in [0.15, 0.2) is 47.4 Å². The Morgan fingerprint density at radius 1 is 1.05 bits per heavy atom. The van der Waals surface area contributed by atoms with Crippen molar-refractivity contribution in [2.75, 3.05) is 5.32 Å². The van der Waals surface area contributed by atoms with Crippen LogP contribution < -0.4 is 15.4 Å². The van der Waals surface area contributed by atoms with Crippen molar-refractivity contribution in [1.29, 1.82) is 0 Å². The third kappa shape index (κ3) is 2.37. The Morgan fingerprint density at radius 2 is 1.73 bits per heavy atom. The summed E-state index contributed by atoms with van der Waals surface area (Å²) in [6.07, 6.45) is 1.78. The van der Waals surface area contributed by atoms with E-state index in [1.807, 2.05) is 29.8 Å². The maximum absolute atomic E-state index is 12.3. The molecule has 112 valence electrons. The monoisotopic (exact) mass is 294 g/mol. The van der Waals surface area contributed by atoms with E-state index in [1.54, 1.807) is 16.7 Å². The van der Waals surface area contributed by atoms with E-state index < -0.39 is 0 Å². The number of aromatic nitrogens is 2. The molecule has 0 spiro atoms. The van der Waals surface area contributed by atoms with E-state index in [9.17, 15) is 4.79 Å². The Morgan fingerprint density at radius 3 is 2.41 bits per heavy atom. The molecule has 0 saturated heterocycles. The van der Waals surface area contributed by atoms with Crippen LogP contribution in [-0.4, -0.2) is 4.40 Å². The lowest BCUT2D eigenvalue weighted by molar-refractivity contribution is -0.633. The van der Waals surface area contributed by atoms with Crippen molar-refractivity contribution in [2.24, 2.45) is 7.05 Å². The van der Waals surface area contributed by atoms with Crippen molar-refractivity contribution < 1.29 is 4.57 Å². The van der Waals surface area contributed by atoms with Gasteiger partial charge in [-0.15, -0.1) is 0 Å². The molecule has 2 heterocycles. The smallest absolute Gasteiger partial charge is 0.273 e. The fourth-order valence-electron chi connectivity index (χ4n) is 2.93. The van der Waals surface area contributed by atoms with E-state index >= 15 is 0 Å². The molecule has 0 saturated carbocycles. The molecule has 0 radical (unpaired) electrons. The van der Waals surface area contributed by atoms with Gasteiger partial charge in [0.1, 0.15) is 5.69 Å². The maximum atomic E-state index is 12.3. The van der Waals surface area contributed by atoms with Gasteiger partial charge in [-0.3, -0.25) is 10.1 Å². The molecule has 4 heteroatoms. The highest BCUT2D eigenvalue weighted by Crippen LogP contribution is 2.24. The molecular weight excluding hydrogens is 274 g/mol. The molecule has 0 aliphatic heterocycles. The van der Waals surface area contributed by atoms with Crippen LogP contribution in [-0.2, 0) is 7.05 Å². The van der Waals surface area contributed by atoms with E-state index in [0.717, 1.165) is 17.2 Å². The molecule has 22 heavy (non-hydrogen) atoms. The zero-order valence-electron chi connectivity index (χ0n) is 13.3. The van der Waals surface area contributed by atoms with E-state index in [1.165, 1.54) is 16.7 Å². The van der Waals surface area contributed by atoms with Gasteiger partial charge in [0.2, 0.25) is 11.5 Å². The van der Waals surface area contributed by atoms with Gasteiger partial charge in [0.25, 0.3) is 0 Å². The summed E-state index contributed by atoms with van der Waals surface area (Å²) in [5.41, 5.74) is 5.44. The van der Waals surface area contributed by atoms with Gasteiger partial charge in [0, 0.05) is 6.07 Å². The van der Waals surface area contributed by atoms with Crippen molar-refractivity contribution in [3.8, 4) is 0 Å². The average molecular weight is 294 g/mol. The number of nitrogens with one attached hydrogen (secondary N) is 1. The standard InChI is InChI=1S/C18H19N3O/c1-12-9-13(2)18(14(3)10-12)19-15-11-17(22)21-8-6-5-7-16(21)20(15)4/h5-11H,1-4H3/p+1. The molecule has 0 fully saturated rings. The normalized spacial score (nSPS) is 10.9. The lowest BCUT2D eigenvalue weighted by atomic mass is 10.1. The molecule has 0 unspecified atom stereocenters. The average Bonchev–Trinajstić information content (AvgIpc) is 2.47. The first kappa shape index (κ1) is 14.3. The van der Waals surface area contributed by atoms with Crippen LogP contribution in [0.4, 0.5) is 11.5 Å². The number of rotatable bonds is 2. The highest BCUT2D eigenvalue weighted by molar-refractivity contribution is 5.64. The van der Waals surface area contributed by atoms with E-state index in [2.05, 4.69) is 38.2 Å². The Kier molecular flexibility index (Phi) is 3.45. The summed E-state index contributed by atoms with van der Waals surface area (Å²) >= 11 is 0. The zero-order chi connectivity index (χ0) is 15.9. The molecule has 0 aliphatic rings. The first-order valence-corrected chi connectivity index (χ1v) is 7.32. The third-order valence-electron chi connectivity index (χ3n) is 3.97. The first-order chi connectivity index (χ1) is 10.5. The van der Waals surface area contributed by atoms with Gasteiger partial charge in [-0.05, 0) is 38.0 Å². The molecule has 0 amide bonds. The van der Waals surface area contributed by atoms with E-state index in [-0.39, 0.29) is 5.56 Å². The molecule has 0 bridgehead atoms. The number of aryl methyl sites for hydroxylation is 4. The maximum Gasteiger partial charge on any atom is 0.317 e. The van der Waals surface area contributed by atoms with Crippen molar-refractivity contribution >= 4 is 17.2 Å². The lowest BCUT2D eigenvalue weighted by Crippen LogP contribution is -2.38. The Bertz CT molecular complexity index is 902. The lowest BCUT2D eigenvalue weighted by Gasteiger charge is -2.12. The van der Waals surface area contributed by atoms with Crippen LogP contribution in [0, 0.1) is 20.8 Å². The third-order valence-corrected chi connectivity index (χ3v) is 3.97. The highest BCUT2D eigenvalue weighted by Gasteiger charge is 2.15. The Balaban J connectivity index is 2.17. The predicted octanol–water partition coefficient (Wildman–Crippen LogP) is 2.79. The molecule has 4 nitrogen and oxygen atoms in total. The van der Waals surface area contributed by atoms with E-state index in [4.69, 9.17) is 0 Å². The summed E-state index contributed by atoms with van der Waals surface area (Å²) < 4.78 is 3.63. The number of hydrogen-bond donors (Lipinski definition) is 1. The minimum atomic E-state index is -0.0429. The summed E-state index contributed by atoms with van der Waals surface area (Å²) in [6.45, 7) is 6.25. The van der Waals surface area contributed by atoms with Gasteiger partial charge < -0.3 is 0 Å². The second kappa shape index (κ2) is 5.30. The fraction of sp³-hybridized carbons (Fsp3) is 0.222. The van der Waals surface area contributed by atoms with Crippen LogP contribution in [0.3, 0.4) is 0 Å². The summed E-state index contributed by atoms with van der Waals surface area (Å²) in [5, 5.41) is 3.42. The minimum Gasteiger partial charge on any atom is -0.273 e. The number of anilines is 2. The quantitative estimate of drug-likeness (QED) is 0.738. The number of fused-ring (bicyclic) bond motifs is 1. The van der Waals surface area contributed by atoms with Crippen molar-refractivity contribution in [3.05, 3.63) is 69.6 Å². The summed E-state index contributed by atoms with van der Waals surface area (Å²) in [6, 6.07) is 11.6. The Labute approximate surface area is 129 Å². The molecule has 3 aromatic rings. The van der Waals surface area contributed by atoms with Crippen LogP contribution in [0.2, 0.25) is 0 Å². The van der Waals surface area contributed by atoms with Gasteiger partial charge in [-0.2, -0.15) is 4.40 Å². The first-order valence-electron chi connectivity index (χ1n) is 7.32. The number of pyridine rings is 1. The predicted molar refractivity (Wildman–Crippen MR) is 88.8 cm³/mol.